The number of carbonyl (C=O) groups excluding carboxylic acids is 1. The SMILES string of the molecule is Cc1nccn1CCN(CC(N)=O)Cc1cccc(N)c1. The number of imidazole rings is 1. The van der Waals surface area contributed by atoms with E-state index in [1.807, 2.05) is 46.9 Å². The maximum atomic E-state index is 11.2. The molecule has 0 bridgehead atoms. The molecule has 2 aromatic rings. The molecule has 0 unspecified atom stereocenters. The van der Waals surface area contributed by atoms with Gasteiger partial charge in [-0.1, -0.05) is 12.1 Å². The molecule has 0 saturated heterocycles. The molecule has 0 radical (unpaired) electrons. The Labute approximate surface area is 124 Å². The molecular formula is C15H21N5O. The normalized spacial score (nSPS) is 11.0. The quantitative estimate of drug-likeness (QED) is 0.736. The van der Waals surface area contributed by atoms with Crippen molar-refractivity contribution in [3.05, 3.63) is 48.0 Å². The molecule has 1 aromatic heterocycles. The first-order chi connectivity index (χ1) is 10.0. The largest absolute Gasteiger partial charge is 0.399 e. The molecular weight excluding hydrogens is 266 g/mol. The predicted octanol–water partition coefficient (Wildman–Crippen LogP) is 0.761. The van der Waals surface area contributed by atoms with E-state index < -0.39 is 0 Å². The second-order valence-corrected chi connectivity index (χ2v) is 5.09. The number of primary amides is 1. The maximum Gasteiger partial charge on any atom is 0.231 e. The number of amides is 1. The van der Waals surface area contributed by atoms with Crippen LogP contribution in [-0.2, 0) is 17.9 Å². The van der Waals surface area contributed by atoms with Crippen molar-refractivity contribution in [2.45, 2.75) is 20.0 Å². The monoisotopic (exact) mass is 287 g/mol. The van der Waals surface area contributed by atoms with Crippen molar-refractivity contribution in [2.24, 2.45) is 5.73 Å². The second kappa shape index (κ2) is 6.90. The van der Waals surface area contributed by atoms with Gasteiger partial charge in [0.15, 0.2) is 0 Å². The van der Waals surface area contributed by atoms with Crippen molar-refractivity contribution < 1.29 is 4.79 Å². The Morgan fingerprint density at radius 3 is 2.86 bits per heavy atom. The van der Waals surface area contributed by atoms with Crippen LogP contribution in [0, 0.1) is 6.92 Å². The maximum absolute atomic E-state index is 11.2. The molecule has 0 spiro atoms. The molecule has 1 heterocycles. The number of nitrogen functional groups attached to an aromatic ring is 1. The van der Waals surface area contributed by atoms with Crippen LogP contribution in [0.5, 0.6) is 0 Å². The smallest absolute Gasteiger partial charge is 0.231 e. The zero-order chi connectivity index (χ0) is 15.2. The number of hydrogen-bond acceptors (Lipinski definition) is 4. The lowest BCUT2D eigenvalue weighted by molar-refractivity contribution is -0.119. The van der Waals surface area contributed by atoms with Crippen LogP contribution in [0.1, 0.15) is 11.4 Å². The van der Waals surface area contributed by atoms with Crippen molar-refractivity contribution in [1.82, 2.24) is 14.5 Å². The molecule has 4 N–H and O–H groups in total. The van der Waals surface area contributed by atoms with E-state index in [1.165, 1.54) is 0 Å². The molecule has 0 fully saturated rings. The van der Waals surface area contributed by atoms with Crippen molar-refractivity contribution in [2.75, 3.05) is 18.8 Å². The fourth-order valence-corrected chi connectivity index (χ4v) is 2.27. The number of anilines is 1. The van der Waals surface area contributed by atoms with E-state index in [2.05, 4.69) is 4.98 Å². The number of nitrogens with zero attached hydrogens (tertiary/aromatic N) is 3. The number of aryl methyl sites for hydroxylation is 1. The third-order valence-electron chi connectivity index (χ3n) is 3.32. The third-order valence-corrected chi connectivity index (χ3v) is 3.32. The lowest BCUT2D eigenvalue weighted by atomic mass is 10.2. The average molecular weight is 287 g/mol. The van der Waals surface area contributed by atoms with Gasteiger partial charge in [0.25, 0.3) is 0 Å². The Hall–Kier alpha value is -2.34. The average Bonchev–Trinajstić information content (AvgIpc) is 2.81. The zero-order valence-electron chi connectivity index (χ0n) is 12.2. The third kappa shape index (κ3) is 4.61. The van der Waals surface area contributed by atoms with Crippen LogP contribution in [0.2, 0.25) is 0 Å². The number of carbonyl (C=O) groups is 1. The molecule has 0 atom stereocenters. The lowest BCUT2D eigenvalue weighted by Gasteiger charge is -2.21. The molecule has 2 rings (SSSR count). The highest BCUT2D eigenvalue weighted by Crippen LogP contribution is 2.10. The van der Waals surface area contributed by atoms with Crippen molar-refractivity contribution in [3.63, 3.8) is 0 Å². The Morgan fingerprint density at radius 2 is 2.24 bits per heavy atom. The van der Waals surface area contributed by atoms with Gasteiger partial charge in [-0.05, 0) is 24.6 Å². The van der Waals surface area contributed by atoms with Crippen LogP contribution >= 0.6 is 0 Å². The van der Waals surface area contributed by atoms with E-state index >= 15 is 0 Å². The fraction of sp³-hybridized carbons (Fsp3) is 0.333. The first-order valence-electron chi connectivity index (χ1n) is 6.87. The van der Waals surface area contributed by atoms with Crippen LogP contribution in [0.4, 0.5) is 5.69 Å². The standard InChI is InChI=1S/C15H21N5O/c1-12-18-5-6-20(12)8-7-19(11-15(17)21)10-13-3-2-4-14(16)9-13/h2-6,9H,7-8,10-11,16H2,1H3,(H2,17,21). The summed E-state index contributed by atoms with van der Waals surface area (Å²) in [7, 11) is 0. The summed E-state index contributed by atoms with van der Waals surface area (Å²) in [6.45, 7) is 4.30. The Morgan fingerprint density at radius 1 is 1.43 bits per heavy atom. The predicted molar refractivity (Wildman–Crippen MR) is 82.3 cm³/mol. The van der Waals surface area contributed by atoms with Gasteiger partial charge in [0.2, 0.25) is 5.91 Å². The number of nitrogens with two attached hydrogens (primary N) is 2. The molecule has 6 nitrogen and oxygen atoms in total. The summed E-state index contributed by atoms with van der Waals surface area (Å²) in [4.78, 5) is 17.4. The topological polar surface area (TPSA) is 90.2 Å². The van der Waals surface area contributed by atoms with Crippen molar-refractivity contribution >= 4 is 11.6 Å². The highest BCUT2D eigenvalue weighted by atomic mass is 16.1. The van der Waals surface area contributed by atoms with E-state index in [-0.39, 0.29) is 12.5 Å². The minimum atomic E-state index is -0.332. The van der Waals surface area contributed by atoms with Gasteiger partial charge in [-0.15, -0.1) is 0 Å². The van der Waals surface area contributed by atoms with E-state index in [0.717, 1.165) is 30.2 Å². The first-order valence-corrected chi connectivity index (χ1v) is 6.87. The minimum absolute atomic E-state index is 0.225. The van der Waals surface area contributed by atoms with Crippen LogP contribution < -0.4 is 11.5 Å². The summed E-state index contributed by atoms with van der Waals surface area (Å²) >= 11 is 0. The molecule has 6 heteroatoms. The number of benzene rings is 1. The number of aromatic nitrogens is 2. The molecule has 0 aliphatic heterocycles. The minimum Gasteiger partial charge on any atom is -0.399 e. The Balaban J connectivity index is 2.00. The lowest BCUT2D eigenvalue weighted by Crippen LogP contribution is -2.35. The summed E-state index contributed by atoms with van der Waals surface area (Å²) in [5.41, 5.74) is 12.9. The molecule has 21 heavy (non-hydrogen) atoms. The summed E-state index contributed by atoms with van der Waals surface area (Å²) in [6.07, 6.45) is 3.70. The molecule has 1 aromatic carbocycles. The summed E-state index contributed by atoms with van der Waals surface area (Å²) < 4.78 is 2.05. The zero-order valence-corrected chi connectivity index (χ0v) is 12.2. The Kier molecular flexibility index (Phi) is 4.94. The van der Waals surface area contributed by atoms with Gasteiger partial charge in [0.05, 0.1) is 6.54 Å². The van der Waals surface area contributed by atoms with Gasteiger partial charge >= 0.3 is 0 Å². The van der Waals surface area contributed by atoms with E-state index in [0.29, 0.717) is 6.54 Å². The van der Waals surface area contributed by atoms with Gasteiger partial charge in [-0.3, -0.25) is 9.69 Å². The van der Waals surface area contributed by atoms with E-state index in [9.17, 15) is 4.79 Å². The van der Waals surface area contributed by atoms with Gasteiger partial charge in [-0.2, -0.15) is 0 Å². The van der Waals surface area contributed by atoms with Crippen LogP contribution in [0.25, 0.3) is 0 Å². The van der Waals surface area contributed by atoms with Crippen LogP contribution in [-0.4, -0.2) is 33.4 Å². The van der Waals surface area contributed by atoms with Gasteiger partial charge in [-0.25, -0.2) is 4.98 Å². The van der Waals surface area contributed by atoms with Crippen molar-refractivity contribution in [1.29, 1.82) is 0 Å². The summed E-state index contributed by atoms with van der Waals surface area (Å²) in [5, 5.41) is 0. The molecule has 1 amide bonds. The van der Waals surface area contributed by atoms with E-state index in [1.54, 1.807) is 6.20 Å². The molecule has 0 aliphatic carbocycles. The highest BCUT2D eigenvalue weighted by Gasteiger charge is 2.10. The van der Waals surface area contributed by atoms with Gasteiger partial charge in [0, 0.05) is 37.7 Å². The second-order valence-electron chi connectivity index (χ2n) is 5.09. The van der Waals surface area contributed by atoms with Gasteiger partial charge in [0.1, 0.15) is 5.82 Å². The van der Waals surface area contributed by atoms with Crippen molar-refractivity contribution in [3.8, 4) is 0 Å². The summed E-state index contributed by atoms with van der Waals surface area (Å²) in [6, 6.07) is 7.66. The summed E-state index contributed by atoms with van der Waals surface area (Å²) in [5.74, 6) is 0.624. The Bertz CT molecular complexity index is 608. The van der Waals surface area contributed by atoms with E-state index in [4.69, 9.17) is 11.5 Å². The number of rotatable bonds is 7. The van der Waals surface area contributed by atoms with Crippen LogP contribution in [0.3, 0.4) is 0 Å². The molecule has 0 aliphatic rings. The molecule has 0 saturated carbocycles. The highest BCUT2D eigenvalue weighted by molar-refractivity contribution is 5.75. The first kappa shape index (κ1) is 15.1. The fourth-order valence-electron chi connectivity index (χ4n) is 2.27. The van der Waals surface area contributed by atoms with Crippen LogP contribution in [0.15, 0.2) is 36.7 Å². The molecule has 112 valence electrons. The number of hydrogen-bond donors (Lipinski definition) is 2. The van der Waals surface area contributed by atoms with Gasteiger partial charge < -0.3 is 16.0 Å².